The van der Waals surface area contributed by atoms with E-state index in [1.807, 2.05) is 44.2 Å². The number of quaternary nitrogens is 1. The van der Waals surface area contributed by atoms with Crippen molar-refractivity contribution in [3.05, 3.63) is 35.9 Å². The molecule has 0 bridgehead atoms. The molecule has 0 heterocycles. The number of nitrogens with one attached hydrogen (secondary N) is 2. The molecule has 1 saturated carbocycles. The van der Waals surface area contributed by atoms with Crippen LogP contribution in [0.3, 0.4) is 0 Å². The molecule has 168 valence electrons. The van der Waals surface area contributed by atoms with Gasteiger partial charge in [-0.15, -0.1) is 0 Å². The number of carboxylic acids is 1. The van der Waals surface area contributed by atoms with E-state index in [1.54, 1.807) is 0 Å². The van der Waals surface area contributed by atoms with Crippen molar-refractivity contribution in [2.24, 2.45) is 17.8 Å². The van der Waals surface area contributed by atoms with Crippen LogP contribution in [0.15, 0.2) is 30.3 Å². The van der Waals surface area contributed by atoms with Gasteiger partial charge in [0, 0.05) is 24.8 Å². The Labute approximate surface area is 184 Å². The van der Waals surface area contributed by atoms with Gasteiger partial charge in [0.1, 0.15) is 6.04 Å². The Morgan fingerprint density at radius 1 is 1.10 bits per heavy atom. The molecule has 7 nitrogen and oxygen atoms in total. The van der Waals surface area contributed by atoms with E-state index in [0.717, 1.165) is 18.4 Å². The maximum atomic E-state index is 12.6. The number of carbonyl (C=O) groups is 3. The molecule has 0 aliphatic heterocycles. The van der Waals surface area contributed by atoms with Gasteiger partial charge in [0.15, 0.2) is 6.04 Å². The van der Waals surface area contributed by atoms with Gasteiger partial charge in [0.05, 0.1) is 0 Å². The zero-order valence-electron chi connectivity index (χ0n) is 17.8. The largest absolute Gasteiger partial charge is 1.00 e. The van der Waals surface area contributed by atoms with E-state index in [4.69, 9.17) is 0 Å². The summed E-state index contributed by atoms with van der Waals surface area (Å²) in [5.41, 5.74) is 4.77. The van der Waals surface area contributed by atoms with Gasteiger partial charge in [0.25, 0.3) is 5.91 Å². The molecule has 8 heteroatoms. The standard InChI is InChI=1S/C22H33N3O4.ClH/c1-14(2)19(23)21(27)24-13-16-8-10-17(11-9-16)20(26)25-18(22(28)29)12-15-6-4-3-5-7-15;/h3-7,14,16-19H,8-13,23H2,1-2H3,(H,24,27)(H,25,26)(H,28,29);1H/t16?,17?,18-,19-;/m0./s1. The van der Waals surface area contributed by atoms with Crippen LogP contribution in [0.4, 0.5) is 0 Å². The highest BCUT2D eigenvalue weighted by Crippen LogP contribution is 2.28. The number of hydrogen-bond donors (Lipinski definition) is 4. The van der Waals surface area contributed by atoms with Crippen LogP contribution in [0.2, 0.25) is 0 Å². The van der Waals surface area contributed by atoms with Gasteiger partial charge in [-0.25, -0.2) is 4.79 Å². The van der Waals surface area contributed by atoms with E-state index in [0.29, 0.717) is 25.3 Å². The highest BCUT2D eigenvalue weighted by Gasteiger charge is 2.30. The van der Waals surface area contributed by atoms with E-state index in [2.05, 4.69) is 16.4 Å². The molecule has 1 aliphatic rings. The molecule has 1 aromatic carbocycles. The number of hydrogen-bond acceptors (Lipinski definition) is 3. The van der Waals surface area contributed by atoms with E-state index >= 15 is 0 Å². The molecule has 2 atom stereocenters. The number of aliphatic carboxylic acids is 1. The topological polar surface area (TPSA) is 123 Å². The maximum Gasteiger partial charge on any atom is 0.326 e. The van der Waals surface area contributed by atoms with Crippen LogP contribution in [0.5, 0.6) is 0 Å². The van der Waals surface area contributed by atoms with Crippen molar-refractivity contribution < 1.29 is 37.6 Å². The average Bonchev–Trinajstić information content (AvgIpc) is 2.71. The van der Waals surface area contributed by atoms with Crippen molar-refractivity contribution in [3.8, 4) is 0 Å². The molecule has 0 spiro atoms. The number of amides is 2. The van der Waals surface area contributed by atoms with E-state index in [9.17, 15) is 19.5 Å². The third-order valence-electron chi connectivity index (χ3n) is 5.82. The van der Waals surface area contributed by atoms with Crippen molar-refractivity contribution in [1.29, 1.82) is 0 Å². The Hall–Kier alpha value is -2.12. The summed E-state index contributed by atoms with van der Waals surface area (Å²) >= 11 is 0. The first-order valence-electron chi connectivity index (χ1n) is 10.5. The van der Waals surface area contributed by atoms with Gasteiger partial charge < -0.3 is 33.9 Å². The van der Waals surface area contributed by atoms with Crippen LogP contribution >= 0.6 is 0 Å². The van der Waals surface area contributed by atoms with Crippen molar-refractivity contribution >= 4 is 17.8 Å². The predicted molar refractivity (Wildman–Crippen MR) is 110 cm³/mol. The van der Waals surface area contributed by atoms with Crippen molar-refractivity contribution in [1.82, 2.24) is 10.6 Å². The minimum absolute atomic E-state index is 0. The number of carboxylic acid groups (broad SMARTS) is 1. The van der Waals surface area contributed by atoms with Crippen LogP contribution in [-0.4, -0.2) is 41.5 Å². The summed E-state index contributed by atoms with van der Waals surface area (Å²) in [5, 5.41) is 15.2. The SMILES string of the molecule is CC(C)[C@H]([NH3+])C(=O)NCC1CCC(C(=O)N[C@@H](Cc2ccccc2)C(=O)O)CC1.[Cl-]. The molecule has 30 heavy (non-hydrogen) atoms. The van der Waals surface area contributed by atoms with E-state index in [1.165, 1.54) is 0 Å². The lowest BCUT2D eigenvalue weighted by Gasteiger charge is -2.29. The number of benzene rings is 1. The van der Waals surface area contributed by atoms with Gasteiger partial charge in [-0.3, -0.25) is 9.59 Å². The number of halogens is 1. The second-order valence-electron chi connectivity index (χ2n) is 8.40. The molecule has 6 N–H and O–H groups in total. The Kier molecular flexibility index (Phi) is 10.8. The molecule has 2 amide bonds. The molecule has 0 radical (unpaired) electrons. The first-order valence-corrected chi connectivity index (χ1v) is 10.5. The van der Waals surface area contributed by atoms with Crippen molar-refractivity contribution in [2.75, 3.05) is 6.54 Å². The van der Waals surface area contributed by atoms with Crippen LogP contribution in [-0.2, 0) is 20.8 Å². The zero-order chi connectivity index (χ0) is 21.4. The fourth-order valence-corrected chi connectivity index (χ4v) is 3.65. The van der Waals surface area contributed by atoms with E-state index in [-0.39, 0.29) is 48.5 Å². The molecular weight excluding hydrogens is 406 g/mol. The predicted octanol–water partition coefficient (Wildman–Crippen LogP) is -2.01. The van der Waals surface area contributed by atoms with Crippen LogP contribution in [0, 0.1) is 17.8 Å². The lowest BCUT2D eigenvalue weighted by Crippen LogP contribution is -3.00. The van der Waals surface area contributed by atoms with Gasteiger partial charge in [-0.1, -0.05) is 44.2 Å². The van der Waals surface area contributed by atoms with Gasteiger partial charge in [0.2, 0.25) is 5.91 Å². The monoisotopic (exact) mass is 439 g/mol. The summed E-state index contributed by atoms with van der Waals surface area (Å²) in [7, 11) is 0. The van der Waals surface area contributed by atoms with Crippen molar-refractivity contribution in [2.45, 2.75) is 58.0 Å². The van der Waals surface area contributed by atoms with Gasteiger partial charge >= 0.3 is 5.97 Å². The highest BCUT2D eigenvalue weighted by molar-refractivity contribution is 5.85. The Bertz CT molecular complexity index is 691. The third-order valence-corrected chi connectivity index (χ3v) is 5.82. The summed E-state index contributed by atoms with van der Waals surface area (Å²) in [5.74, 6) is -0.852. The Morgan fingerprint density at radius 3 is 2.23 bits per heavy atom. The first kappa shape index (κ1) is 25.9. The number of rotatable bonds is 9. The normalized spacial score (nSPS) is 20.5. The summed E-state index contributed by atoms with van der Waals surface area (Å²) in [6.07, 6.45) is 3.38. The highest BCUT2D eigenvalue weighted by atomic mass is 35.5. The molecule has 1 fully saturated rings. The van der Waals surface area contributed by atoms with Gasteiger partial charge in [-0.2, -0.15) is 0 Å². The summed E-state index contributed by atoms with van der Waals surface area (Å²) in [6.45, 7) is 4.56. The zero-order valence-corrected chi connectivity index (χ0v) is 18.5. The first-order chi connectivity index (χ1) is 13.8. The fourth-order valence-electron chi connectivity index (χ4n) is 3.65. The van der Waals surface area contributed by atoms with E-state index < -0.39 is 12.0 Å². The van der Waals surface area contributed by atoms with Crippen LogP contribution in [0.25, 0.3) is 0 Å². The lowest BCUT2D eigenvalue weighted by molar-refractivity contribution is -0.414. The summed E-state index contributed by atoms with van der Waals surface area (Å²) in [6, 6.07) is 8.12. The lowest BCUT2D eigenvalue weighted by atomic mass is 9.81. The van der Waals surface area contributed by atoms with Crippen LogP contribution in [0.1, 0.15) is 45.1 Å². The second-order valence-corrected chi connectivity index (χ2v) is 8.40. The summed E-state index contributed by atoms with van der Waals surface area (Å²) < 4.78 is 0. The minimum Gasteiger partial charge on any atom is -1.00 e. The van der Waals surface area contributed by atoms with Gasteiger partial charge in [-0.05, 0) is 37.2 Å². The third kappa shape index (κ3) is 7.95. The smallest absolute Gasteiger partial charge is 0.326 e. The molecule has 0 unspecified atom stereocenters. The Balaban J connectivity index is 0.00000450. The second kappa shape index (κ2) is 12.5. The molecule has 0 saturated heterocycles. The number of carbonyl (C=O) groups excluding carboxylic acids is 2. The quantitative estimate of drug-likeness (QED) is 0.355. The van der Waals surface area contributed by atoms with Crippen LogP contribution < -0.4 is 28.8 Å². The summed E-state index contributed by atoms with van der Waals surface area (Å²) in [4.78, 5) is 36.2. The maximum absolute atomic E-state index is 12.6. The minimum atomic E-state index is -1.02. The molecular formula is C22H34ClN3O4. The molecule has 1 aliphatic carbocycles. The van der Waals surface area contributed by atoms with Crippen molar-refractivity contribution in [3.63, 3.8) is 0 Å². The Morgan fingerprint density at radius 2 is 1.70 bits per heavy atom. The molecule has 2 rings (SSSR count). The average molecular weight is 440 g/mol. The fraction of sp³-hybridized carbons (Fsp3) is 0.591. The molecule has 1 aromatic rings. The molecule has 0 aromatic heterocycles.